The maximum absolute atomic E-state index is 12.6. The molecule has 3 rings (SSSR count). The van der Waals surface area contributed by atoms with Gasteiger partial charge >= 0.3 is 0 Å². The van der Waals surface area contributed by atoms with Gasteiger partial charge in [-0.25, -0.2) is 0 Å². The minimum absolute atomic E-state index is 0.274. The van der Waals surface area contributed by atoms with E-state index < -0.39 is 17.2 Å². The minimum atomic E-state index is -0.662. The second-order valence-corrected chi connectivity index (χ2v) is 6.40. The number of carbonyl (C=O) groups excluding carboxylic acids is 1. The Kier molecular flexibility index (Phi) is 5.56. The van der Waals surface area contributed by atoms with Crippen LogP contribution in [-0.4, -0.2) is 27.4 Å². The van der Waals surface area contributed by atoms with Gasteiger partial charge in [0.2, 0.25) is 0 Å². The first-order chi connectivity index (χ1) is 13.0. The van der Waals surface area contributed by atoms with Crippen LogP contribution >= 0.6 is 15.9 Å². The van der Waals surface area contributed by atoms with E-state index in [0.717, 1.165) is 15.2 Å². The standard InChI is InChI=1S/C19H16BrN3O4/c1-2-27-16-6-4-3-5-14(16)21-19(26)18-15(24)11-17(25)23(22-18)13-9-7-12(20)8-10-13/h3-11,24H,2H2,1H3,(H,21,26). The van der Waals surface area contributed by atoms with Crippen LogP contribution in [0.3, 0.4) is 0 Å². The molecule has 0 unspecified atom stereocenters. The van der Waals surface area contributed by atoms with Crippen molar-refractivity contribution < 1.29 is 14.6 Å². The number of rotatable bonds is 5. The fourth-order valence-electron chi connectivity index (χ4n) is 2.41. The molecule has 0 radical (unpaired) electrons. The molecule has 27 heavy (non-hydrogen) atoms. The average molecular weight is 430 g/mol. The van der Waals surface area contributed by atoms with Crippen molar-refractivity contribution in [3.05, 3.63) is 75.1 Å². The summed E-state index contributed by atoms with van der Waals surface area (Å²) in [6, 6.07) is 14.7. The summed E-state index contributed by atoms with van der Waals surface area (Å²) in [6.45, 7) is 2.27. The van der Waals surface area contributed by atoms with Crippen LogP contribution in [0.1, 0.15) is 17.4 Å². The van der Waals surface area contributed by atoms with Crippen LogP contribution in [0.25, 0.3) is 5.69 Å². The molecule has 0 aliphatic rings. The van der Waals surface area contributed by atoms with Gasteiger partial charge in [-0.05, 0) is 43.3 Å². The lowest BCUT2D eigenvalue weighted by molar-refractivity contribution is 0.101. The predicted octanol–water partition coefficient (Wildman–Crippen LogP) is 3.35. The maximum atomic E-state index is 12.6. The number of hydrogen-bond acceptors (Lipinski definition) is 5. The number of anilines is 1. The molecule has 0 saturated carbocycles. The van der Waals surface area contributed by atoms with Gasteiger partial charge in [-0.2, -0.15) is 9.78 Å². The van der Waals surface area contributed by atoms with Crippen LogP contribution in [0.4, 0.5) is 5.69 Å². The van der Waals surface area contributed by atoms with E-state index in [-0.39, 0.29) is 5.69 Å². The van der Waals surface area contributed by atoms with Gasteiger partial charge in [0.25, 0.3) is 11.5 Å². The van der Waals surface area contributed by atoms with Gasteiger partial charge in [-0.15, -0.1) is 0 Å². The van der Waals surface area contributed by atoms with Crippen LogP contribution in [0, 0.1) is 0 Å². The summed E-state index contributed by atoms with van der Waals surface area (Å²) in [5, 5.41) is 16.7. The van der Waals surface area contributed by atoms with E-state index in [1.54, 1.807) is 48.5 Å². The average Bonchev–Trinajstić information content (AvgIpc) is 2.64. The third-order valence-corrected chi connectivity index (χ3v) is 4.16. The van der Waals surface area contributed by atoms with Gasteiger partial charge in [0.1, 0.15) is 5.75 Å². The first-order valence-corrected chi connectivity index (χ1v) is 8.91. The molecule has 2 aromatic carbocycles. The molecule has 0 aliphatic carbocycles. The van der Waals surface area contributed by atoms with Crippen molar-refractivity contribution in [2.45, 2.75) is 6.92 Å². The fraction of sp³-hybridized carbons (Fsp3) is 0.105. The van der Waals surface area contributed by atoms with Crippen molar-refractivity contribution in [1.82, 2.24) is 9.78 Å². The molecule has 0 aliphatic heterocycles. The normalized spacial score (nSPS) is 10.4. The summed E-state index contributed by atoms with van der Waals surface area (Å²) in [6.07, 6.45) is 0. The highest BCUT2D eigenvalue weighted by Gasteiger charge is 2.18. The summed E-state index contributed by atoms with van der Waals surface area (Å²) < 4.78 is 7.36. The molecular weight excluding hydrogens is 414 g/mol. The van der Waals surface area contributed by atoms with E-state index in [2.05, 4.69) is 26.3 Å². The first kappa shape index (κ1) is 18.7. The van der Waals surface area contributed by atoms with Gasteiger partial charge in [-0.1, -0.05) is 28.1 Å². The Morgan fingerprint density at radius 2 is 1.93 bits per heavy atom. The number of nitrogens with one attached hydrogen (secondary N) is 1. The number of nitrogens with zero attached hydrogens (tertiary/aromatic N) is 2. The second kappa shape index (κ2) is 8.05. The number of halogens is 1. The molecule has 1 amide bonds. The Morgan fingerprint density at radius 3 is 2.63 bits per heavy atom. The minimum Gasteiger partial charge on any atom is -0.505 e. The largest absolute Gasteiger partial charge is 0.505 e. The van der Waals surface area contributed by atoms with Crippen molar-refractivity contribution in [3.8, 4) is 17.2 Å². The Balaban J connectivity index is 1.97. The van der Waals surface area contributed by atoms with Crippen LogP contribution in [0.2, 0.25) is 0 Å². The van der Waals surface area contributed by atoms with Gasteiger partial charge in [0.15, 0.2) is 11.4 Å². The SMILES string of the molecule is CCOc1ccccc1NC(=O)c1nn(-c2ccc(Br)cc2)c(=O)cc1O. The summed E-state index contributed by atoms with van der Waals surface area (Å²) in [5.74, 6) is -0.667. The molecule has 0 fully saturated rings. The summed E-state index contributed by atoms with van der Waals surface area (Å²) in [7, 11) is 0. The fourth-order valence-corrected chi connectivity index (χ4v) is 2.67. The van der Waals surface area contributed by atoms with Gasteiger partial charge < -0.3 is 15.2 Å². The molecule has 7 nitrogen and oxygen atoms in total. The smallest absolute Gasteiger partial charge is 0.280 e. The molecule has 0 saturated heterocycles. The van der Waals surface area contributed by atoms with Crippen LogP contribution in [-0.2, 0) is 0 Å². The van der Waals surface area contributed by atoms with E-state index >= 15 is 0 Å². The monoisotopic (exact) mass is 429 g/mol. The Bertz CT molecular complexity index is 1030. The van der Waals surface area contributed by atoms with Crippen molar-refractivity contribution in [2.75, 3.05) is 11.9 Å². The number of amides is 1. The van der Waals surface area contributed by atoms with Crippen molar-refractivity contribution in [3.63, 3.8) is 0 Å². The highest BCUT2D eigenvalue weighted by molar-refractivity contribution is 9.10. The lowest BCUT2D eigenvalue weighted by atomic mass is 10.2. The Hall–Kier alpha value is -3.13. The molecule has 3 aromatic rings. The molecule has 0 spiro atoms. The molecule has 1 aromatic heterocycles. The highest BCUT2D eigenvalue weighted by atomic mass is 79.9. The summed E-state index contributed by atoms with van der Waals surface area (Å²) in [5.41, 5.74) is 0.0730. The molecule has 1 heterocycles. The molecule has 0 bridgehead atoms. The Labute approximate surface area is 163 Å². The summed E-state index contributed by atoms with van der Waals surface area (Å²) in [4.78, 5) is 24.8. The third-order valence-electron chi connectivity index (χ3n) is 3.63. The molecule has 138 valence electrons. The van der Waals surface area contributed by atoms with Gasteiger partial charge in [-0.3, -0.25) is 9.59 Å². The van der Waals surface area contributed by atoms with Gasteiger partial charge in [0, 0.05) is 10.5 Å². The van der Waals surface area contributed by atoms with Crippen LogP contribution in [0.15, 0.2) is 63.9 Å². The number of aromatic hydroxyl groups is 1. The molecular formula is C19H16BrN3O4. The summed E-state index contributed by atoms with van der Waals surface area (Å²) >= 11 is 3.32. The van der Waals surface area contributed by atoms with Crippen molar-refractivity contribution in [1.29, 1.82) is 0 Å². The lowest BCUT2D eigenvalue weighted by Gasteiger charge is -2.12. The lowest BCUT2D eigenvalue weighted by Crippen LogP contribution is -2.25. The molecule has 0 atom stereocenters. The zero-order valence-electron chi connectivity index (χ0n) is 14.3. The number of hydrogen-bond donors (Lipinski definition) is 2. The van der Waals surface area contributed by atoms with E-state index in [1.165, 1.54) is 0 Å². The van der Waals surface area contributed by atoms with E-state index in [0.29, 0.717) is 23.7 Å². The number of para-hydroxylation sites is 2. The number of carbonyl (C=O) groups is 1. The number of ether oxygens (including phenoxy) is 1. The maximum Gasteiger partial charge on any atom is 0.280 e. The first-order valence-electron chi connectivity index (χ1n) is 8.12. The zero-order chi connectivity index (χ0) is 19.4. The quantitative estimate of drug-likeness (QED) is 0.648. The topological polar surface area (TPSA) is 93.5 Å². The molecule has 2 N–H and O–H groups in total. The van der Waals surface area contributed by atoms with Crippen molar-refractivity contribution >= 4 is 27.5 Å². The number of benzene rings is 2. The van der Waals surface area contributed by atoms with Crippen LogP contribution in [0.5, 0.6) is 11.5 Å². The van der Waals surface area contributed by atoms with E-state index in [9.17, 15) is 14.7 Å². The Morgan fingerprint density at radius 1 is 1.22 bits per heavy atom. The highest BCUT2D eigenvalue weighted by Crippen LogP contribution is 2.25. The van der Waals surface area contributed by atoms with Crippen molar-refractivity contribution in [2.24, 2.45) is 0 Å². The predicted molar refractivity (Wildman–Crippen MR) is 105 cm³/mol. The second-order valence-electron chi connectivity index (χ2n) is 5.49. The van der Waals surface area contributed by atoms with Crippen LogP contribution < -0.4 is 15.6 Å². The van der Waals surface area contributed by atoms with Gasteiger partial charge in [0.05, 0.1) is 18.0 Å². The number of aromatic nitrogens is 2. The molecule has 8 heteroatoms. The van der Waals surface area contributed by atoms with E-state index in [4.69, 9.17) is 4.74 Å². The van der Waals surface area contributed by atoms with E-state index in [1.807, 2.05) is 6.92 Å². The zero-order valence-corrected chi connectivity index (χ0v) is 15.9. The third kappa shape index (κ3) is 4.17.